The van der Waals surface area contributed by atoms with Gasteiger partial charge < -0.3 is 0 Å². The molecule has 0 N–H and O–H groups in total. The number of fused-ring (bicyclic) bond motifs is 22. The zero-order valence-corrected chi connectivity index (χ0v) is 81.8. The number of aromatic nitrogens is 9. The predicted molar refractivity (Wildman–Crippen MR) is 608 cm³/mol. The minimum Gasteiger partial charge on any atom is -0.208 e. The lowest BCUT2D eigenvalue weighted by molar-refractivity contribution is 0.666. The molecule has 0 atom stereocenters. The van der Waals surface area contributed by atoms with E-state index in [-0.39, 0.29) is 5.41 Å². The molecule has 1 spiro atoms. The molecule has 3 heterocycles. The molecular formula is C140H93N9. The van der Waals surface area contributed by atoms with Crippen LogP contribution >= 0.6 is 0 Å². The summed E-state index contributed by atoms with van der Waals surface area (Å²) in [6, 6.07) is 187. The Morgan fingerprint density at radius 3 is 0.805 bits per heavy atom. The van der Waals surface area contributed by atoms with E-state index in [4.69, 9.17) is 44.9 Å². The quantitative estimate of drug-likeness (QED) is 0.105. The van der Waals surface area contributed by atoms with Gasteiger partial charge in [-0.15, -0.1) is 0 Å². The zero-order chi connectivity index (χ0) is 99.1. The molecular weight excluding hydrogens is 1810 g/mol. The standard InChI is InChI=1S/C56H35N3.C50H33N3.C34H25N3/c1-3-13-36(14-4-1)38-23-27-40(28-24-38)53-57-54(41-29-25-39(26-30-41)37-15-5-2-6-16-37)59-55(58-53)43-32-33-44-42(35-43)31-34-48-47-19-9-12-22-51(47)56(52(44)48)49-20-10-7-17-45(49)46-18-8-11-21-50(46)56;1-5-16-34(17-6-1)35-28-30-37(31-29-35)48-51-47(36-18-7-2-8-19-36)52-49(53-48)44-26-15-25-42-40(44)32-33-43-41-24-13-14-27-45(41)50(46(42)43,38-20-9-3-10-21-38)39-22-11-4-12-23-39;1-34(2)28-19-10-9-17-25(28)26-21-20-22-16-11-18-27(29(22)30(26)34)33-36-31(23-12-5-3-6-13-23)35-32(37-33)24-14-7-4-8-15-24/h1-35H;1-33H;3-21H,1-2H3. The Morgan fingerprint density at radius 2 is 0.396 bits per heavy atom. The molecule has 0 radical (unpaired) electrons. The molecule has 25 aromatic rings. The predicted octanol–water partition coefficient (Wildman–Crippen LogP) is 34.1. The first-order valence-electron chi connectivity index (χ1n) is 50.9. The Labute approximate surface area is 864 Å². The molecule has 698 valence electrons. The zero-order valence-electron chi connectivity index (χ0n) is 81.8. The summed E-state index contributed by atoms with van der Waals surface area (Å²) >= 11 is 0. The number of hydrogen-bond donors (Lipinski definition) is 0. The van der Waals surface area contributed by atoms with E-state index in [1.165, 1.54) is 138 Å². The van der Waals surface area contributed by atoms with Gasteiger partial charge in [-0.05, 0) is 172 Å². The SMILES string of the molecule is CC1(C)c2ccccc2-c2ccc3cccc(-c4nc(-c5ccccc5)nc(-c5ccccc5)n4)c3c21.c1ccc(-c2ccc(-c3nc(-c4ccc(-c5ccccc5)cc4)nc(-c4ccc5c6c(ccc5c4)-c4ccccc4C64c5ccccc5-c5ccccc54)n3)cc2)cc1.c1ccc(-c2ccc(-c3nc(-c4ccccc4)nc(-c4cccc5c6c(ccc45)-c4ccccc4C6(c4ccccc4)c4ccccc4)n3)cc2)cc1. The van der Waals surface area contributed by atoms with Gasteiger partial charge >= 0.3 is 0 Å². The molecule has 0 bridgehead atoms. The van der Waals surface area contributed by atoms with Crippen molar-refractivity contribution in [3.8, 4) is 180 Å². The molecule has 0 saturated heterocycles. The number of benzene rings is 22. The molecule has 0 aliphatic heterocycles. The molecule has 4 aliphatic rings. The Balaban J connectivity index is 0.000000113. The van der Waals surface area contributed by atoms with Gasteiger partial charge in [0.1, 0.15) is 0 Å². The third-order valence-corrected chi connectivity index (χ3v) is 30.5. The average Bonchev–Trinajstić information content (AvgIpc) is 1.52. The fraction of sp³-hybridized carbons (Fsp3) is 0.0357. The molecule has 0 unspecified atom stereocenters. The lowest BCUT2D eigenvalue weighted by atomic mass is 9.66. The topological polar surface area (TPSA) is 116 Å². The van der Waals surface area contributed by atoms with Gasteiger partial charge in [0, 0.05) is 55.5 Å². The molecule has 0 fully saturated rings. The molecule has 22 aromatic carbocycles. The van der Waals surface area contributed by atoms with Gasteiger partial charge in [-0.2, -0.15) is 0 Å². The van der Waals surface area contributed by atoms with Gasteiger partial charge in [0.05, 0.1) is 10.8 Å². The second kappa shape index (κ2) is 36.8. The Bertz CT molecular complexity index is 9220. The van der Waals surface area contributed by atoms with Crippen LogP contribution < -0.4 is 0 Å². The van der Waals surface area contributed by atoms with Crippen molar-refractivity contribution in [3.05, 3.63) is 583 Å². The maximum Gasteiger partial charge on any atom is 0.164 e. The van der Waals surface area contributed by atoms with Crippen molar-refractivity contribution in [1.29, 1.82) is 0 Å². The van der Waals surface area contributed by atoms with Crippen molar-refractivity contribution in [2.75, 3.05) is 0 Å². The average molecular weight is 1900 g/mol. The van der Waals surface area contributed by atoms with Crippen LogP contribution in [0.25, 0.3) is 213 Å². The number of hydrogen-bond acceptors (Lipinski definition) is 9. The van der Waals surface area contributed by atoms with Gasteiger partial charge in [0.25, 0.3) is 0 Å². The largest absolute Gasteiger partial charge is 0.208 e. The summed E-state index contributed by atoms with van der Waals surface area (Å²) in [5.41, 5.74) is 37.9. The van der Waals surface area contributed by atoms with E-state index >= 15 is 0 Å². The van der Waals surface area contributed by atoms with E-state index in [2.05, 4.69) is 469 Å². The van der Waals surface area contributed by atoms with Gasteiger partial charge in [-0.3, -0.25) is 0 Å². The second-order valence-corrected chi connectivity index (χ2v) is 39.1. The van der Waals surface area contributed by atoms with Crippen LogP contribution in [-0.2, 0) is 16.2 Å². The third kappa shape index (κ3) is 15.1. The van der Waals surface area contributed by atoms with Gasteiger partial charge in [-0.25, -0.2) is 44.9 Å². The maximum atomic E-state index is 5.22. The van der Waals surface area contributed by atoms with Crippen LogP contribution in [0.3, 0.4) is 0 Å². The minimum atomic E-state index is -0.521. The summed E-state index contributed by atoms with van der Waals surface area (Å²) in [5.74, 6) is 5.90. The van der Waals surface area contributed by atoms with Crippen LogP contribution in [0, 0.1) is 0 Å². The van der Waals surface area contributed by atoms with E-state index in [0.29, 0.717) is 52.4 Å². The normalized spacial score (nSPS) is 12.9. The summed E-state index contributed by atoms with van der Waals surface area (Å²) in [7, 11) is 0. The summed E-state index contributed by atoms with van der Waals surface area (Å²) < 4.78 is 0. The van der Waals surface area contributed by atoms with Crippen molar-refractivity contribution in [2.45, 2.75) is 30.1 Å². The minimum absolute atomic E-state index is 0.140. The van der Waals surface area contributed by atoms with Crippen LogP contribution in [0.15, 0.2) is 528 Å². The first kappa shape index (κ1) is 88.6. The van der Waals surface area contributed by atoms with E-state index in [1.54, 1.807) is 0 Å². The highest BCUT2D eigenvalue weighted by Gasteiger charge is 2.53. The van der Waals surface area contributed by atoms with Crippen LogP contribution in [0.2, 0.25) is 0 Å². The fourth-order valence-electron chi connectivity index (χ4n) is 23.8. The van der Waals surface area contributed by atoms with Crippen LogP contribution in [0.1, 0.15) is 69.5 Å². The number of rotatable bonds is 14. The highest BCUT2D eigenvalue weighted by atomic mass is 15.1. The summed E-state index contributed by atoms with van der Waals surface area (Å²) in [5, 5.41) is 7.07. The maximum absolute atomic E-state index is 5.22. The fourth-order valence-corrected chi connectivity index (χ4v) is 23.8. The Morgan fingerprint density at radius 1 is 0.141 bits per heavy atom. The molecule has 29 rings (SSSR count). The van der Waals surface area contributed by atoms with Crippen molar-refractivity contribution in [3.63, 3.8) is 0 Å². The van der Waals surface area contributed by atoms with Gasteiger partial charge in [-0.1, -0.05) is 536 Å². The van der Waals surface area contributed by atoms with E-state index in [0.717, 1.165) is 77.5 Å². The molecule has 9 heteroatoms. The highest BCUT2D eigenvalue weighted by molar-refractivity contribution is 6.09. The van der Waals surface area contributed by atoms with Crippen molar-refractivity contribution < 1.29 is 0 Å². The molecule has 149 heavy (non-hydrogen) atoms. The lowest BCUT2D eigenvalue weighted by Gasteiger charge is -2.34. The van der Waals surface area contributed by atoms with E-state index < -0.39 is 10.8 Å². The molecule has 9 nitrogen and oxygen atoms in total. The van der Waals surface area contributed by atoms with Crippen molar-refractivity contribution in [1.82, 2.24) is 44.9 Å². The third-order valence-electron chi connectivity index (χ3n) is 30.5. The smallest absolute Gasteiger partial charge is 0.164 e. The molecule has 0 saturated carbocycles. The molecule has 0 amide bonds. The Hall–Kier alpha value is -19.4. The van der Waals surface area contributed by atoms with Gasteiger partial charge in [0.2, 0.25) is 0 Å². The summed E-state index contributed by atoms with van der Waals surface area (Å²) in [6.07, 6.45) is 0. The first-order chi connectivity index (χ1) is 73.6. The van der Waals surface area contributed by atoms with Crippen LogP contribution in [0.5, 0.6) is 0 Å². The van der Waals surface area contributed by atoms with Crippen molar-refractivity contribution in [2.24, 2.45) is 0 Å². The molecule has 4 aliphatic carbocycles. The second-order valence-electron chi connectivity index (χ2n) is 39.1. The van der Waals surface area contributed by atoms with E-state index in [9.17, 15) is 0 Å². The van der Waals surface area contributed by atoms with E-state index in [1.807, 2.05) is 72.8 Å². The van der Waals surface area contributed by atoms with Crippen LogP contribution in [0.4, 0.5) is 0 Å². The summed E-state index contributed by atoms with van der Waals surface area (Å²) in [4.78, 5) is 45.9. The van der Waals surface area contributed by atoms with Crippen LogP contribution in [-0.4, -0.2) is 44.9 Å². The monoisotopic (exact) mass is 1900 g/mol. The lowest BCUT2D eigenvalue weighted by Crippen LogP contribution is -2.28. The summed E-state index contributed by atoms with van der Waals surface area (Å²) in [6.45, 7) is 4.65. The highest BCUT2D eigenvalue weighted by Crippen LogP contribution is 2.65. The molecule has 3 aromatic heterocycles. The Kier molecular flexibility index (Phi) is 21.9. The van der Waals surface area contributed by atoms with Crippen molar-refractivity contribution >= 4 is 32.3 Å². The van der Waals surface area contributed by atoms with Gasteiger partial charge in [0.15, 0.2) is 52.4 Å². The number of nitrogens with zero attached hydrogens (tertiary/aromatic N) is 9. The first-order valence-corrected chi connectivity index (χ1v) is 50.9.